The van der Waals surface area contributed by atoms with E-state index in [1.54, 1.807) is 13.8 Å². The lowest BCUT2D eigenvalue weighted by molar-refractivity contribution is -0.193. The Balaban J connectivity index is -0.00000144. The minimum Gasteiger partial charge on any atom is -0.475 e. The summed E-state index contributed by atoms with van der Waals surface area (Å²) >= 11 is 0. The van der Waals surface area contributed by atoms with Gasteiger partial charge in [0, 0.05) is 19.6 Å². The lowest BCUT2D eigenvalue weighted by Gasteiger charge is -2.27. The Morgan fingerprint density at radius 2 is 1.00 bits per heavy atom. The highest BCUT2D eigenvalue weighted by Gasteiger charge is 2.39. The molecule has 366 valence electrons. The Labute approximate surface area is 358 Å². The van der Waals surface area contributed by atoms with Crippen LogP contribution in [0, 0.1) is 5.92 Å². The summed E-state index contributed by atoms with van der Waals surface area (Å²) in [4.78, 5) is 87.0. The quantitative estimate of drug-likeness (QED) is 0.0349. The summed E-state index contributed by atoms with van der Waals surface area (Å²) in [5.41, 5.74) is 27.9. The minimum atomic E-state index is -5.08. The molecule has 1 aromatic rings. The van der Waals surface area contributed by atoms with Crippen LogP contribution in [-0.4, -0.2) is 132 Å². The number of nitrogens with one attached hydrogen (secondary N) is 4. The van der Waals surface area contributed by atoms with Crippen molar-refractivity contribution in [1.82, 2.24) is 21.3 Å². The number of carboxylic acid groups (broad SMARTS) is 3. The number of carbonyl (C=O) groups excluding carboxylic acids is 4. The van der Waals surface area contributed by atoms with Crippen LogP contribution in [0.4, 0.5) is 39.5 Å². The molecule has 4 amide bonds. The van der Waals surface area contributed by atoms with Gasteiger partial charge in [0.2, 0.25) is 23.6 Å². The van der Waals surface area contributed by atoms with Crippen molar-refractivity contribution in [3.8, 4) is 0 Å². The maximum absolute atomic E-state index is 13.4. The van der Waals surface area contributed by atoms with Crippen molar-refractivity contribution >= 4 is 53.5 Å². The fourth-order valence-electron chi connectivity index (χ4n) is 4.06. The molecule has 0 aliphatic rings. The molecule has 17 N–H and O–H groups in total. The number of guanidine groups is 2. The highest BCUT2D eigenvalue weighted by molar-refractivity contribution is 5.94. The fourth-order valence-corrected chi connectivity index (χ4v) is 4.06. The van der Waals surface area contributed by atoms with Gasteiger partial charge in [0.25, 0.3) is 0 Å². The number of nitrogens with two attached hydrogens (primary N) is 5. The van der Waals surface area contributed by atoms with Crippen LogP contribution in [0.3, 0.4) is 0 Å². The van der Waals surface area contributed by atoms with Crippen LogP contribution in [0.2, 0.25) is 0 Å². The number of hydrogen-bond acceptors (Lipinski definition) is 10. The number of carbonyl (C=O) groups is 7. The third kappa shape index (κ3) is 33.1. The molecule has 0 spiro atoms. The average Bonchev–Trinajstić information content (AvgIpc) is 3.15. The van der Waals surface area contributed by atoms with Gasteiger partial charge in [0.1, 0.15) is 18.1 Å². The summed E-state index contributed by atoms with van der Waals surface area (Å²) in [6.07, 6.45) is -13.3. The van der Waals surface area contributed by atoms with Crippen molar-refractivity contribution in [2.24, 2.45) is 44.6 Å². The molecule has 0 radical (unpaired) electrons. The molecule has 30 heteroatoms. The van der Waals surface area contributed by atoms with E-state index in [-0.39, 0.29) is 62.0 Å². The van der Waals surface area contributed by atoms with Gasteiger partial charge in [-0.3, -0.25) is 29.2 Å². The van der Waals surface area contributed by atoms with E-state index < -0.39 is 66.4 Å². The van der Waals surface area contributed by atoms with E-state index in [0.717, 1.165) is 5.56 Å². The van der Waals surface area contributed by atoms with Crippen molar-refractivity contribution in [2.45, 2.75) is 89.0 Å². The number of benzene rings is 1. The first kappa shape index (κ1) is 61.7. The fraction of sp³-hybridized carbons (Fsp3) is 0.559. The summed E-state index contributed by atoms with van der Waals surface area (Å²) in [6, 6.07) is 6.28. The molecule has 3 atom stereocenters. The Hall–Kier alpha value is -6.62. The zero-order chi connectivity index (χ0) is 50.4. The highest BCUT2D eigenvalue weighted by atomic mass is 19.4. The second kappa shape index (κ2) is 31.3. The molecule has 1 aromatic carbocycles. The number of aliphatic imine (C=N–C) groups is 2. The number of hydrogen-bond donors (Lipinski definition) is 12. The Kier molecular flexibility index (Phi) is 30.1. The van der Waals surface area contributed by atoms with Gasteiger partial charge < -0.3 is 65.3 Å². The monoisotopic (exact) mass is 945 g/mol. The third-order valence-corrected chi connectivity index (χ3v) is 7.04. The summed E-state index contributed by atoms with van der Waals surface area (Å²) in [6.45, 7) is 4.82. The van der Waals surface area contributed by atoms with Crippen molar-refractivity contribution in [1.29, 1.82) is 0 Å². The van der Waals surface area contributed by atoms with Crippen molar-refractivity contribution in [3.05, 3.63) is 35.9 Å². The van der Waals surface area contributed by atoms with Gasteiger partial charge in [-0.1, -0.05) is 44.2 Å². The molecular formula is C34H52F9N11O10. The van der Waals surface area contributed by atoms with E-state index in [2.05, 4.69) is 31.3 Å². The Bertz CT molecular complexity index is 1620. The van der Waals surface area contributed by atoms with Gasteiger partial charge >= 0.3 is 36.4 Å². The van der Waals surface area contributed by atoms with E-state index in [9.17, 15) is 58.7 Å². The predicted octanol–water partition coefficient (Wildman–Crippen LogP) is -0.188. The summed E-state index contributed by atoms with van der Waals surface area (Å²) in [5.74, 6) is -10.6. The van der Waals surface area contributed by atoms with E-state index >= 15 is 0 Å². The van der Waals surface area contributed by atoms with Crippen LogP contribution >= 0.6 is 0 Å². The van der Waals surface area contributed by atoms with Crippen LogP contribution < -0.4 is 49.9 Å². The molecule has 0 aliphatic carbocycles. The van der Waals surface area contributed by atoms with Crippen LogP contribution in [0.15, 0.2) is 40.3 Å². The lowest BCUT2D eigenvalue weighted by Crippen LogP contribution is -2.58. The number of carboxylic acids is 3. The van der Waals surface area contributed by atoms with Crippen LogP contribution in [-0.2, 0) is 40.0 Å². The van der Waals surface area contributed by atoms with E-state index in [1.165, 1.54) is 0 Å². The maximum atomic E-state index is 13.4. The number of halogens is 9. The molecular weight excluding hydrogens is 893 g/mol. The molecule has 0 aliphatic heterocycles. The molecule has 21 nitrogen and oxygen atoms in total. The molecule has 0 bridgehead atoms. The van der Waals surface area contributed by atoms with Crippen molar-refractivity contribution in [2.75, 3.05) is 26.2 Å². The Morgan fingerprint density at radius 1 is 0.609 bits per heavy atom. The SMILES string of the molecule is CC(C)[C@H](NC(=O)[C@H](CCCN=C(N)N)NC(=O)Cc1ccccc1)C(=O)N[C@@H](CCCN=C(N)N)C(=O)NCCCN.O=C(O)C(F)(F)F.O=C(O)C(F)(F)F.O=C(O)C(F)(F)F. The first-order chi connectivity index (χ1) is 29.3. The summed E-state index contributed by atoms with van der Waals surface area (Å²) in [7, 11) is 0. The van der Waals surface area contributed by atoms with Gasteiger partial charge in [0.05, 0.1) is 6.42 Å². The van der Waals surface area contributed by atoms with Gasteiger partial charge in [-0.2, -0.15) is 39.5 Å². The highest BCUT2D eigenvalue weighted by Crippen LogP contribution is 2.15. The largest absolute Gasteiger partial charge is 0.490 e. The lowest BCUT2D eigenvalue weighted by atomic mass is 10.0. The van der Waals surface area contributed by atoms with E-state index in [4.69, 9.17) is 58.4 Å². The second-order valence-corrected chi connectivity index (χ2v) is 12.8. The molecule has 0 saturated carbocycles. The molecule has 0 fully saturated rings. The smallest absolute Gasteiger partial charge is 0.475 e. The molecule has 64 heavy (non-hydrogen) atoms. The zero-order valence-corrected chi connectivity index (χ0v) is 34.1. The number of amides is 4. The number of rotatable bonds is 20. The van der Waals surface area contributed by atoms with Crippen LogP contribution in [0.25, 0.3) is 0 Å². The molecule has 0 heterocycles. The van der Waals surface area contributed by atoms with Crippen molar-refractivity contribution < 1.29 is 88.4 Å². The predicted molar refractivity (Wildman–Crippen MR) is 208 cm³/mol. The summed E-state index contributed by atoms with van der Waals surface area (Å²) in [5, 5.41) is 32.4. The van der Waals surface area contributed by atoms with Crippen LogP contribution in [0.5, 0.6) is 0 Å². The van der Waals surface area contributed by atoms with Gasteiger partial charge in [-0.15, -0.1) is 0 Å². The van der Waals surface area contributed by atoms with Crippen molar-refractivity contribution in [3.63, 3.8) is 0 Å². The molecule has 0 aromatic heterocycles. The van der Waals surface area contributed by atoms with Gasteiger partial charge in [-0.05, 0) is 50.1 Å². The van der Waals surface area contributed by atoms with Gasteiger partial charge in [-0.25, -0.2) is 14.4 Å². The molecule has 0 unspecified atom stereocenters. The zero-order valence-electron chi connectivity index (χ0n) is 34.1. The topological polar surface area (TPSA) is 383 Å². The average molecular weight is 946 g/mol. The standard InChI is InChI=1S/C28H49N11O4.3C2HF3O2/c1-18(2)23(26(43)38-20(11-6-14-35-27(30)31)24(41)34-16-8-13-29)39-25(42)21(12-7-15-36-28(32)33)37-22(40)17-19-9-4-3-5-10-19;3*3-2(4,5)1(6)7/h3-5,9-10,18,20-21,23H,6-8,11-17,29H2,1-2H3,(H,34,41)(H,37,40)(H,38,43)(H,39,42)(H4,30,31,35)(H4,32,33,36);3*(H,6,7)/t20-,21-,23-;;;/m0.../s1. The molecule has 1 rings (SSSR count). The van der Waals surface area contributed by atoms with Crippen LogP contribution in [0.1, 0.15) is 51.5 Å². The first-order valence-electron chi connectivity index (χ1n) is 18.2. The van der Waals surface area contributed by atoms with Gasteiger partial charge in [0.15, 0.2) is 11.9 Å². The number of alkyl halides is 9. The third-order valence-electron chi connectivity index (χ3n) is 7.04. The maximum Gasteiger partial charge on any atom is 0.490 e. The molecule has 0 saturated heterocycles. The number of nitrogens with zero attached hydrogens (tertiary/aromatic N) is 2. The normalized spacial score (nSPS) is 12.3. The first-order valence-corrected chi connectivity index (χ1v) is 18.2. The Morgan fingerprint density at radius 3 is 1.34 bits per heavy atom. The van der Waals surface area contributed by atoms with E-state index in [0.29, 0.717) is 32.4 Å². The second-order valence-electron chi connectivity index (χ2n) is 12.8. The van der Waals surface area contributed by atoms with E-state index in [1.807, 2.05) is 30.3 Å². The number of aliphatic carboxylic acids is 3. The summed E-state index contributed by atoms with van der Waals surface area (Å²) < 4.78 is 95.2. The minimum absolute atomic E-state index is 0.0701.